The fraction of sp³-hybridized carbons (Fsp3) is 0. The summed E-state index contributed by atoms with van der Waals surface area (Å²) in [6.07, 6.45) is 3.20. The molecule has 0 saturated heterocycles. The summed E-state index contributed by atoms with van der Waals surface area (Å²) in [6.45, 7) is 0. The van der Waals surface area contributed by atoms with Gasteiger partial charge < -0.3 is 0 Å². The molecule has 4 aromatic rings. The Balaban J connectivity index is 0.000000230. The van der Waals surface area contributed by atoms with Crippen LogP contribution < -0.4 is 0 Å². The molecule has 4 rings (SSSR count). The summed E-state index contributed by atoms with van der Waals surface area (Å²) in [4.78, 5) is 24.5. The summed E-state index contributed by atoms with van der Waals surface area (Å²) >= 11 is 41.0. The molecule has 2 nitrogen and oxygen atoms in total. The molecule has 216 valence electrons. The third-order valence-electron chi connectivity index (χ3n) is 5.27. The Morgan fingerprint density at radius 3 is 1.14 bits per heavy atom. The molecule has 0 spiro atoms. The van der Waals surface area contributed by atoms with Crippen molar-refractivity contribution in [2.24, 2.45) is 0 Å². The fourth-order valence-electron chi connectivity index (χ4n) is 3.19. The average Bonchev–Trinajstić information content (AvgIpc) is 2.94. The first kappa shape index (κ1) is 34.7. The monoisotopic (exact) mass is 812 g/mol. The first-order chi connectivity index (χ1) is 19.8. The molecule has 0 fully saturated rings. The number of carbonyl (C=O) groups excluding carboxylic acids is 2. The van der Waals surface area contributed by atoms with Gasteiger partial charge in [0.2, 0.25) is 11.6 Å². The lowest BCUT2D eigenvalue weighted by Crippen LogP contribution is -2.01. The van der Waals surface area contributed by atoms with Crippen molar-refractivity contribution in [1.82, 2.24) is 0 Å². The van der Waals surface area contributed by atoms with Gasteiger partial charge in [0.1, 0.15) is 11.6 Å². The molecule has 0 radical (unpaired) electrons. The molecule has 0 aliphatic rings. The van der Waals surface area contributed by atoms with E-state index in [1.807, 2.05) is 0 Å². The molecule has 0 heterocycles. The highest BCUT2D eigenvalue weighted by Crippen LogP contribution is 2.30. The molecule has 0 atom stereocenters. The van der Waals surface area contributed by atoms with E-state index in [0.29, 0.717) is 10.0 Å². The van der Waals surface area contributed by atoms with E-state index in [4.69, 9.17) is 69.6 Å². The van der Waals surface area contributed by atoms with Crippen LogP contribution in [0.4, 0.5) is 8.78 Å². The summed E-state index contributed by atoms with van der Waals surface area (Å²) < 4.78 is 27.4. The highest BCUT2D eigenvalue weighted by Gasteiger charge is 2.18. The molecule has 0 aliphatic carbocycles. The highest BCUT2D eigenvalue weighted by atomic mass is 79.9. The molecule has 12 heteroatoms. The second-order valence-corrected chi connectivity index (χ2v) is 12.4. The van der Waals surface area contributed by atoms with Gasteiger partial charge in [0, 0.05) is 21.2 Å². The molecule has 0 aromatic heterocycles. The third kappa shape index (κ3) is 9.63. The van der Waals surface area contributed by atoms with Gasteiger partial charge in [0.05, 0.1) is 29.1 Å². The SMILES string of the molecule is O=C(/C(Br)=C/c1ccc(Cl)cc1)c1cc(F)c(Cl)cc1Cl.O=C(/C(Br)=C/c1ccc(Cl)cc1)c1cc(F)c(Cl)cc1Cl. The quantitative estimate of drug-likeness (QED) is 0.110. The zero-order chi connectivity index (χ0) is 31.1. The third-order valence-corrected chi connectivity index (χ3v) is 8.16. The number of rotatable bonds is 6. The molecule has 0 bridgehead atoms. The molecule has 0 saturated carbocycles. The van der Waals surface area contributed by atoms with Crippen LogP contribution in [-0.4, -0.2) is 11.6 Å². The van der Waals surface area contributed by atoms with Crippen molar-refractivity contribution < 1.29 is 18.4 Å². The lowest BCUT2D eigenvalue weighted by molar-refractivity contribution is 0.103. The van der Waals surface area contributed by atoms with E-state index in [1.165, 1.54) is 12.1 Å². The second kappa shape index (κ2) is 15.8. The van der Waals surface area contributed by atoms with Crippen molar-refractivity contribution in [1.29, 1.82) is 0 Å². The summed E-state index contributed by atoms with van der Waals surface area (Å²) in [5, 5.41) is 1.11. The van der Waals surface area contributed by atoms with E-state index < -0.39 is 23.2 Å². The number of Topliss-reactive ketones (excluding diaryl/α,β-unsaturated/α-hetero) is 2. The molecule has 0 unspecified atom stereocenters. The number of ketones is 2. The van der Waals surface area contributed by atoms with E-state index >= 15 is 0 Å². The average molecular weight is 817 g/mol. The maximum Gasteiger partial charge on any atom is 0.201 e. The van der Waals surface area contributed by atoms with Gasteiger partial charge in [-0.25, -0.2) is 8.78 Å². The van der Waals surface area contributed by atoms with Gasteiger partial charge in [0.25, 0.3) is 0 Å². The topological polar surface area (TPSA) is 34.1 Å². The molecule has 42 heavy (non-hydrogen) atoms. The number of benzene rings is 4. The minimum atomic E-state index is -0.698. The molecule has 0 N–H and O–H groups in total. The molecule has 0 amide bonds. The standard InChI is InChI=1S/2C15H7BrCl3FO/c2*16-11(5-8-1-3-9(17)4-2-8)15(21)10-6-14(20)13(19)7-12(10)18/h2*1-7H/b2*11-5-. The van der Waals surface area contributed by atoms with Crippen LogP contribution in [0.2, 0.25) is 30.1 Å². The lowest BCUT2D eigenvalue weighted by Gasteiger charge is -2.05. The predicted octanol–water partition coefficient (Wildman–Crippen LogP) is 12.8. The summed E-state index contributed by atoms with van der Waals surface area (Å²) in [5.74, 6) is -2.27. The van der Waals surface area contributed by atoms with Crippen LogP contribution in [0.15, 0.2) is 81.8 Å². The van der Waals surface area contributed by atoms with Crippen molar-refractivity contribution in [3.05, 3.63) is 146 Å². The van der Waals surface area contributed by atoms with Crippen LogP contribution >= 0.6 is 101 Å². The van der Waals surface area contributed by atoms with Crippen LogP contribution in [0, 0.1) is 11.6 Å². The largest absolute Gasteiger partial charge is 0.288 e. The van der Waals surface area contributed by atoms with Gasteiger partial charge in [-0.05, 0) is 104 Å². The zero-order valence-electron chi connectivity index (χ0n) is 20.7. The Morgan fingerprint density at radius 1 is 0.524 bits per heavy atom. The first-order valence-electron chi connectivity index (χ1n) is 11.4. The number of halogens is 10. The van der Waals surface area contributed by atoms with Crippen molar-refractivity contribution >= 4 is 125 Å². The Kier molecular flexibility index (Phi) is 13.1. The van der Waals surface area contributed by atoms with E-state index in [0.717, 1.165) is 23.3 Å². The Bertz CT molecular complexity index is 1580. The van der Waals surface area contributed by atoms with Gasteiger partial charge in [-0.2, -0.15) is 0 Å². The minimum Gasteiger partial charge on any atom is -0.288 e. The van der Waals surface area contributed by atoms with Crippen LogP contribution in [0.3, 0.4) is 0 Å². The van der Waals surface area contributed by atoms with Crippen molar-refractivity contribution in [2.45, 2.75) is 0 Å². The van der Waals surface area contributed by atoms with Crippen molar-refractivity contribution in [3.8, 4) is 0 Å². The number of hydrogen-bond donors (Lipinski definition) is 0. The van der Waals surface area contributed by atoms with E-state index in [1.54, 1.807) is 60.7 Å². The fourth-order valence-corrected chi connectivity index (χ4v) is 5.34. The second-order valence-electron chi connectivity index (χ2n) is 8.24. The number of hydrogen-bond acceptors (Lipinski definition) is 2. The van der Waals surface area contributed by atoms with E-state index in [9.17, 15) is 18.4 Å². The van der Waals surface area contributed by atoms with Crippen LogP contribution in [0.5, 0.6) is 0 Å². The summed E-state index contributed by atoms with van der Waals surface area (Å²) in [7, 11) is 0. The van der Waals surface area contributed by atoms with E-state index in [-0.39, 0.29) is 40.2 Å². The smallest absolute Gasteiger partial charge is 0.201 e. The maximum absolute atomic E-state index is 13.5. The molecule has 0 aliphatic heterocycles. The van der Waals surface area contributed by atoms with Crippen LogP contribution in [0.25, 0.3) is 12.2 Å². The molecular weight excluding hydrogens is 803 g/mol. The summed E-state index contributed by atoms with van der Waals surface area (Å²) in [5.41, 5.74) is 1.61. The van der Waals surface area contributed by atoms with Gasteiger partial charge >= 0.3 is 0 Å². The maximum atomic E-state index is 13.5. The number of carbonyl (C=O) groups is 2. The van der Waals surface area contributed by atoms with Crippen molar-refractivity contribution in [3.63, 3.8) is 0 Å². The van der Waals surface area contributed by atoms with E-state index in [2.05, 4.69) is 31.9 Å². The lowest BCUT2D eigenvalue weighted by atomic mass is 10.1. The molecule has 4 aromatic carbocycles. The Hall–Kier alpha value is -1.74. The highest BCUT2D eigenvalue weighted by molar-refractivity contribution is 9.12. The first-order valence-corrected chi connectivity index (χ1v) is 15.3. The van der Waals surface area contributed by atoms with Crippen LogP contribution in [-0.2, 0) is 0 Å². The number of allylic oxidation sites excluding steroid dienone is 2. The normalized spacial score (nSPS) is 11.6. The summed E-state index contributed by atoms with van der Waals surface area (Å²) in [6, 6.07) is 18.3. The van der Waals surface area contributed by atoms with Gasteiger partial charge in [-0.15, -0.1) is 0 Å². The zero-order valence-corrected chi connectivity index (χ0v) is 28.4. The minimum absolute atomic E-state index is 0.0376. The van der Waals surface area contributed by atoms with Gasteiger partial charge in [-0.1, -0.05) is 93.9 Å². The Morgan fingerprint density at radius 2 is 0.833 bits per heavy atom. The van der Waals surface area contributed by atoms with Gasteiger partial charge in [0.15, 0.2) is 0 Å². The molecular formula is C30H14Br2Cl6F2O2. The van der Waals surface area contributed by atoms with Crippen molar-refractivity contribution in [2.75, 3.05) is 0 Å². The van der Waals surface area contributed by atoms with Gasteiger partial charge in [-0.3, -0.25) is 9.59 Å². The predicted molar refractivity (Wildman–Crippen MR) is 178 cm³/mol. The Labute approximate surface area is 287 Å². The van der Waals surface area contributed by atoms with Crippen LogP contribution in [0.1, 0.15) is 31.8 Å².